The van der Waals surface area contributed by atoms with Crippen LogP contribution in [0.3, 0.4) is 0 Å². The predicted octanol–water partition coefficient (Wildman–Crippen LogP) is 3.17. The Hall–Kier alpha value is -2.16. The highest BCUT2D eigenvalue weighted by Crippen LogP contribution is 2.09. The van der Waals surface area contributed by atoms with Crippen molar-refractivity contribution in [3.63, 3.8) is 0 Å². The molecule has 3 nitrogen and oxygen atoms in total. The van der Waals surface area contributed by atoms with Crippen LogP contribution in [0.4, 0.5) is 0 Å². The molecule has 1 heterocycles. The zero-order valence-electron chi connectivity index (χ0n) is 10.3. The van der Waals surface area contributed by atoms with Crippen LogP contribution in [0.1, 0.15) is 39.3 Å². The second-order valence-corrected chi connectivity index (χ2v) is 4.30. The van der Waals surface area contributed by atoms with Gasteiger partial charge < -0.3 is 4.98 Å². The van der Waals surface area contributed by atoms with Gasteiger partial charge in [0.2, 0.25) is 0 Å². The van der Waals surface area contributed by atoms with Gasteiger partial charge in [0, 0.05) is 24.6 Å². The summed E-state index contributed by atoms with van der Waals surface area (Å²) in [7, 11) is 0. The monoisotopic (exact) mass is 241 g/mol. The smallest absolute Gasteiger partial charge is 0.179 e. The summed E-state index contributed by atoms with van der Waals surface area (Å²) in [6, 6.07) is 10.9. The Morgan fingerprint density at radius 2 is 1.67 bits per heavy atom. The molecular formula is C15H15NO2. The second-order valence-electron chi connectivity index (χ2n) is 4.30. The first-order valence-corrected chi connectivity index (χ1v) is 5.93. The molecule has 0 amide bonds. The maximum atomic E-state index is 11.9. The summed E-state index contributed by atoms with van der Waals surface area (Å²) in [4.78, 5) is 26.4. The Labute approximate surface area is 106 Å². The van der Waals surface area contributed by atoms with Gasteiger partial charge in [-0.15, -0.1) is 0 Å². The highest BCUT2D eigenvalue weighted by atomic mass is 16.1. The van der Waals surface area contributed by atoms with Crippen molar-refractivity contribution in [2.45, 2.75) is 19.8 Å². The second kappa shape index (κ2) is 5.45. The van der Waals surface area contributed by atoms with E-state index in [0.717, 1.165) is 5.56 Å². The van der Waals surface area contributed by atoms with E-state index in [1.165, 1.54) is 0 Å². The first kappa shape index (κ1) is 12.3. The van der Waals surface area contributed by atoms with E-state index in [1.54, 1.807) is 30.5 Å². The molecule has 0 fully saturated rings. The van der Waals surface area contributed by atoms with Crippen molar-refractivity contribution in [2.24, 2.45) is 0 Å². The van der Waals surface area contributed by atoms with Gasteiger partial charge in [-0.3, -0.25) is 9.59 Å². The van der Waals surface area contributed by atoms with Crippen LogP contribution in [0.5, 0.6) is 0 Å². The quantitative estimate of drug-likeness (QED) is 0.817. The highest BCUT2D eigenvalue weighted by Gasteiger charge is 2.11. The van der Waals surface area contributed by atoms with Crippen LogP contribution in [0.2, 0.25) is 0 Å². The third-order valence-electron chi connectivity index (χ3n) is 2.85. The molecule has 3 heteroatoms. The van der Waals surface area contributed by atoms with E-state index < -0.39 is 0 Å². The van der Waals surface area contributed by atoms with Crippen molar-refractivity contribution in [1.29, 1.82) is 0 Å². The van der Waals surface area contributed by atoms with E-state index >= 15 is 0 Å². The van der Waals surface area contributed by atoms with Crippen molar-refractivity contribution >= 4 is 11.6 Å². The lowest BCUT2D eigenvalue weighted by Gasteiger charge is -2.01. The zero-order valence-corrected chi connectivity index (χ0v) is 10.3. The molecule has 0 aliphatic heterocycles. The molecule has 2 rings (SSSR count). The first-order chi connectivity index (χ1) is 8.66. The molecule has 0 saturated heterocycles. The van der Waals surface area contributed by atoms with Crippen molar-refractivity contribution in [3.05, 3.63) is 59.4 Å². The van der Waals surface area contributed by atoms with Crippen LogP contribution in [-0.2, 0) is 0 Å². The van der Waals surface area contributed by atoms with E-state index in [2.05, 4.69) is 4.98 Å². The lowest BCUT2D eigenvalue weighted by Crippen LogP contribution is -2.05. The van der Waals surface area contributed by atoms with Gasteiger partial charge in [0.25, 0.3) is 0 Å². The van der Waals surface area contributed by atoms with Crippen LogP contribution < -0.4 is 0 Å². The number of benzene rings is 1. The summed E-state index contributed by atoms with van der Waals surface area (Å²) in [5, 5.41) is 0. The van der Waals surface area contributed by atoms with Crippen molar-refractivity contribution < 1.29 is 9.59 Å². The SMILES string of the molecule is Cc1ccc(C(=O)CCC(=O)c2ccc[nH]2)cc1. The van der Waals surface area contributed by atoms with Crippen molar-refractivity contribution in [3.8, 4) is 0 Å². The number of carbonyl (C=O) groups is 2. The summed E-state index contributed by atoms with van der Waals surface area (Å²) in [5.41, 5.74) is 2.35. The highest BCUT2D eigenvalue weighted by molar-refractivity contribution is 6.01. The zero-order chi connectivity index (χ0) is 13.0. The number of aromatic nitrogens is 1. The lowest BCUT2D eigenvalue weighted by atomic mass is 10.0. The lowest BCUT2D eigenvalue weighted by molar-refractivity contribution is 0.0915. The Kier molecular flexibility index (Phi) is 3.72. The Bertz CT molecular complexity index is 538. The molecule has 1 N–H and O–H groups in total. The van der Waals surface area contributed by atoms with Gasteiger partial charge in [-0.25, -0.2) is 0 Å². The van der Waals surface area contributed by atoms with Gasteiger partial charge in [-0.1, -0.05) is 29.8 Å². The van der Waals surface area contributed by atoms with Gasteiger partial charge in [0.15, 0.2) is 11.6 Å². The van der Waals surface area contributed by atoms with Gasteiger partial charge in [0.1, 0.15) is 0 Å². The molecule has 0 aliphatic rings. The summed E-state index contributed by atoms with van der Waals surface area (Å²) in [6.07, 6.45) is 2.20. The molecule has 0 aliphatic carbocycles. The van der Waals surface area contributed by atoms with E-state index in [1.807, 2.05) is 19.1 Å². The number of aryl methyl sites for hydroxylation is 1. The third-order valence-corrected chi connectivity index (χ3v) is 2.85. The fourth-order valence-electron chi connectivity index (χ4n) is 1.75. The van der Waals surface area contributed by atoms with Crippen molar-refractivity contribution in [1.82, 2.24) is 4.98 Å². The molecule has 0 atom stereocenters. The van der Waals surface area contributed by atoms with Gasteiger partial charge in [0.05, 0.1) is 5.69 Å². The molecule has 0 spiro atoms. The van der Waals surface area contributed by atoms with Gasteiger partial charge in [-0.05, 0) is 19.1 Å². The van der Waals surface area contributed by atoms with Crippen molar-refractivity contribution in [2.75, 3.05) is 0 Å². The fourth-order valence-corrected chi connectivity index (χ4v) is 1.75. The molecule has 0 radical (unpaired) electrons. The minimum absolute atomic E-state index is 0.00917. The molecular weight excluding hydrogens is 226 g/mol. The molecule has 1 aromatic carbocycles. The molecule has 18 heavy (non-hydrogen) atoms. The predicted molar refractivity (Wildman–Crippen MR) is 69.9 cm³/mol. The van der Waals surface area contributed by atoms with Crippen LogP contribution in [0, 0.1) is 6.92 Å². The number of H-pyrrole nitrogens is 1. The summed E-state index contributed by atoms with van der Waals surface area (Å²) < 4.78 is 0. The standard InChI is InChI=1S/C15H15NO2/c1-11-4-6-12(7-5-11)14(17)8-9-15(18)13-3-2-10-16-13/h2-7,10,16H,8-9H2,1H3. The number of carbonyl (C=O) groups excluding carboxylic acids is 2. The number of ketones is 2. The summed E-state index contributed by atoms with van der Waals surface area (Å²) in [5.74, 6) is -0.0182. The molecule has 0 saturated carbocycles. The Morgan fingerprint density at radius 1 is 1.00 bits per heavy atom. The number of hydrogen-bond acceptors (Lipinski definition) is 2. The number of Topliss-reactive ketones (excluding diaryl/α,β-unsaturated/α-hetero) is 2. The maximum absolute atomic E-state index is 11.9. The minimum Gasteiger partial charge on any atom is -0.359 e. The van der Waals surface area contributed by atoms with Crippen LogP contribution in [-0.4, -0.2) is 16.6 Å². The average Bonchev–Trinajstić information content (AvgIpc) is 2.90. The molecule has 0 bridgehead atoms. The third kappa shape index (κ3) is 2.94. The number of rotatable bonds is 5. The summed E-state index contributed by atoms with van der Waals surface area (Å²) in [6.45, 7) is 1.98. The van der Waals surface area contributed by atoms with Crippen LogP contribution >= 0.6 is 0 Å². The van der Waals surface area contributed by atoms with Gasteiger partial charge >= 0.3 is 0 Å². The molecule has 1 aromatic heterocycles. The van der Waals surface area contributed by atoms with Crippen LogP contribution in [0.25, 0.3) is 0 Å². The Balaban J connectivity index is 1.92. The Morgan fingerprint density at radius 3 is 2.28 bits per heavy atom. The minimum atomic E-state index is -0.0274. The number of hydrogen-bond donors (Lipinski definition) is 1. The van der Waals surface area contributed by atoms with Crippen LogP contribution in [0.15, 0.2) is 42.6 Å². The first-order valence-electron chi connectivity index (χ1n) is 5.93. The average molecular weight is 241 g/mol. The maximum Gasteiger partial charge on any atom is 0.179 e. The summed E-state index contributed by atoms with van der Waals surface area (Å²) >= 11 is 0. The number of aromatic amines is 1. The molecule has 2 aromatic rings. The molecule has 0 unspecified atom stereocenters. The van der Waals surface area contributed by atoms with Gasteiger partial charge in [-0.2, -0.15) is 0 Å². The topological polar surface area (TPSA) is 49.9 Å². The van der Waals surface area contributed by atoms with E-state index in [9.17, 15) is 9.59 Å². The van der Waals surface area contributed by atoms with E-state index in [-0.39, 0.29) is 24.4 Å². The largest absolute Gasteiger partial charge is 0.359 e. The number of nitrogens with one attached hydrogen (secondary N) is 1. The van der Waals surface area contributed by atoms with E-state index in [0.29, 0.717) is 11.3 Å². The fraction of sp³-hybridized carbons (Fsp3) is 0.200. The normalized spacial score (nSPS) is 10.3. The van der Waals surface area contributed by atoms with E-state index in [4.69, 9.17) is 0 Å². The molecule has 92 valence electrons.